The van der Waals surface area contributed by atoms with Gasteiger partial charge in [0.1, 0.15) is 28.8 Å². The fourth-order valence-electron chi connectivity index (χ4n) is 3.65. The summed E-state index contributed by atoms with van der Waals surface area (Å²) in [5.41, 5.74) is -0.829. The standard InChI is InChI=1S/C25H28O2P/c1-20(24(26)27-25(2,3)4)28(21-14-8-5-9-15-21,22-16-10-6-11-17-22)23-18-12-7-13-19-23/h5-20H,1-4H3/q+1. The Kier molecular flexibility index (Phi) is 6.01. The van der Waals surface area contributed by atoms with E-state index in [0.29, 0.717) is 0 Å². The van der Waals surface area contributed by atoms with Gasteiger partial charge in [-0.25, -0.2) is 4.79 Å². The second-order valence-electron chi connectivity index (χ2n) is 7.94. The van der Waals surface area contributed by atoms with E-state index < -0.39 is 12.9 Å². The van der Waals surface area contributed by atoms with E-state index in [1.54, 1.807) is 0 Å². The number of esters is 1. The number of rotatable bonds is 5. The van der Waals surface area contributed by atoms with E-state index in [1.165, 1.54) is 15.9 Å². The summed E-state index contributed by atoms with van der Waals surface area (Å²) in [5.74, 6) is -0.155. The fraction of sp³-hybridized carbons (Fsp3) is 0.240. The van der Waals surface area contributed by atoms with Gasteiger partial charge in [-0.05, 0) is 64.1 Å². The van der Waals surface area contributed by atoms with Crippen molar-refractivity contribution >= 4 is 29.1 Å². The number of hydrogen-bond donors (Lipinski definition) is 0. The van der Waals surface area contributed by atoms with Crippen molar-refractivity contribution in [1.29, 1.82) is 0 Å². The molecule has 0 heterocycles. The van der Waals surface area contributed by atoms with Crippen LogP contribution in [0.15, 0.2) is 91.0 Å². The molecule has 3 aromatic rings. The van der Waals surface area contributed by atoms with Gasteiger partial charge in [0.25, 0.3) is 0 Å². The summed E-state index contributed by atoms with van der Waals surface area (Å²) >= 11 is 0. The van der Waals surface area contributed by atoms with Crippen molar-refractivity contribution in [3.63, 3.8) is 0 Å². The van der Waals surface area contributed by atoms with Gasteiger partial charge in [-0.1, -0.05) is 54.6 Å². The van der Waals surface area contributed by atoms with Gasteiger partial charge in [0.2, 0.25) is 0 Å². The van der Waals surface area contributed by atoms with Gasteiger partial charge < -0.3 is 4.74 Å². The van der Waals surface area contributed by atoms with Crippen molar-refractivity contribution in [3.05, 3.63) is 91.0 Å². The van der Waals surface area contributed by atoms with Crippen LogP contribution in [0, 0.1) is 0 Å². The van der Waals surface area contributed by atoms with E-state index >= 15 is 0 Å². The lowest BCUT2D eigenvalue weighted by atomic mass is 10.2. The molecule has 3 rings (SSSR count). The summed E-state index contributed by atoms with van der Waals surface area (Å²) < 4.78 is 5.86. The first-order valence-electron chi connectivity index (χ1n) is 9.64. The van der Waals surface area contributed by atoms with Crippen molar-refractivity contribution < 1.29 is 9.53 Å². The topological polar surface area (TPSA) is 26.3 Å². The molecule has 28 heavy (non-hydrogen) atoms. The van der Waals surface area contributed by atoms with Crippen LogP contribution in [0.25, 0.3) is 0 Å². The highest BCUT2D eigenvalue weighted by molar-refractivity contribution is 7.96. The number of ether oxygens (including phenoxy) is 1. The molecule has 0 aromatic heterocycles. The van der Waals surface area contributed by atoms with Crippen LogP contribution in [-0.2, 0) is 9.53 Å². The van der Waals surface area contributed by atoms with Crippen molar-refractivity contribution in [1.82, 2.24) is 0 Å². The van der Waals surface area contributed by atoms with Crippen LogP contribution in [0.3, 0.4) is 0 Å². The van der Waals surface area contributed by atoms with Crippen LogP contribution >= 0.6 is 7.26 Å². The van der Waals surface area contributed by atoms with Gasteiger partial charge in [-0.3, -0.25) is 0 Å². The SMILES string of the molecule is CC(C(=O)OC(C)(C)C)[P+](c1ccccc1)(c1ccccc1)c1ccccc1. The predicted octanol–water partition coefficient (Wildman–Crippen LogP) is 4.71. The van der Waals surface area contributed by atoms with Gasteiger partial charge in [0.15, 0.2) is 5.66 Å². The third-order valence-corrected chi connectivity index (χ3v) is 9.53. The van der Waals surface area contributed by atoms with E-state index in [0.717, 1.165) is 0 Å². The molecular weight excluding hydrogens is 363 g/mol. The number of hydrogen-bond acceptors (Lipinski definition) is 2. The first-order valence-corrected chi connectivity index (χ1v) is 11.5. The molecule has 3 aromatic carbocycles. The van der Waals surface area contributed by atoms with E-state index in [4.69, 9.17) is 4.74 Å². The quantitative estimate of drug-likeness (QED) is 0.465. The van der Waals surface area contributed by atoms with E-state index in [2.05, 4.69) is 72.8 Å². The second-order valence-corrected chi connectivity index (χ2v) is 11.7. The van der Waals surface area contributed by atoms with Crippen LogP contribution in [0.4, 0.5) is 0 Å². The molecule has 1 atom stereocenters. The summed E-state index contributed by atoms with van der Waals surface area (Å²) in [6.45, 7) is 7.79. The van der Waals surface area contributed by atoms with Gasteiger partial charge in [0, 0.05) is 0 Å². The fourth-order valence-corrected chi connectivity index (χ4v) is 8.18. The summed E-state index contributed by atoms with van der Waals surface area (Å²) in [5, 5.41) is 3.56. The lowest BCUT2D eigenvalue weighted by Crippen LogP contribution is -2.43. The largest absolute Gasteiger partial charge is 0.457 e. The smallest absolute Gasteiger partial charge is 0.348 e. The maximum Gasteiger partial charge on any atom is 0.348 e. The first-order chi connectivity index (χ1) is 13.4. The van der Waals surface area contributed by atoms with Crippen molar-refractivity contribution in [3.8, 4) is 0 Å². The number of carbonyl (C=O) groups is 1. The zero-order valence-electron chi connectivity index (χ0n) is 17.0. The monoisotopic (exact) mass is 391 g/mol. The summed E-state index contributed by atoms with van der Waals surface area (Å²) in [7, 11) is -2.26. The molecule has 0 aliphatic rings. The highest BCUT2D eigenvalue weighted by Gasteiger charge is 2.54. The Hall–Kier alpha value is -2.44. The Morgan fingerprint density at radius 2 is 1.04 bits per heavy atom. The summed E-state index contributed by atoms with van der Waals surface area (Å²) in [6, 6.07) is 31.3. The van der Waals surface area contributed by atoms with E-state index in [9.17, 15) is 4.79 Å². The highest BCUT2D eigenvalue weighted by atomic mass is 31.2. The molecule has 0 aliphatic heterocycles. The predicted molar refractivity (Wildman–Crippen MR) is 120 cm³/mol. The lowest BCUT2D eigenvalue weighted by Gasteiger charge is -2.33. The Bertz CT molecular complexity index is 803. The number of carbonyl (C=O) groups excluding carboxylic acids is 1. The first kappa shape index (κ1) is 20.3. The minimum absolute atomic E-state index is 0.155. The molecule has 0 spiro atoms. The second kappa shape index (κ2) is 8.29. The molecule has 3 heteroatoms. The molecule has 144 valence electrons. The highest BCUT2D eigenvalue weighted by Crippen LogP contribution is 2.60. The maximum absolute atomic E-state index is 13.3. The minimum Gasteiger partial charge on any atom is -0.457 e. The molecule has 0 saturated heterocycles. The zero-order valence-corrected chi connectivity index (χ0v) is 17.9. The third-order valence-electron chi connectivity index (χ3n) is 4.82. The summed E-state index contributed by atoms with van der Waals surface area (Å²) in [4.78, 5) is 13.3. The third kappa shape index (κ3) is 4.03. The maximum atomic E-state index is 13.3. The Morgan fingerprint density at radius 1 is 0.714 bits per heavy atom. The Labute approximate surface area is 168 Å². The average Bonchev–Trinajstić information content (AvgIpc) is 2.70. The Morgan fingerprint density at radius 3 is 1.32 bits per heavy atom. The number of benzene rings is 3. The van der Waals surface area contributed by atoms with Crippen LogP contribution in [0.5, 0.6) is 0 Å². The molecule has 0 radical (unpaired) electrons. The van der Waals surface area contributed by atoms with Crippen LogP contribution in [0.1, 0.15) is 27.7 Å². The van der Waals surface area contributed by atoms with Crippen LogP contribution < -0.4 is 15.9 Å². The molecule has 1 unspecified atom stereocenters. The van der Waals surface area contributed by atoms with E-state index in [1.807, 2.05) is 45.9 Å². The van der Waals surface area contributed by atoms with Gasteiger partial charge in [-0.2, -0.15) is 0 Å². The molecule has 0 saturated carbocycles. The van der Waals surface area contributed by atoms with Crippen molar-refractivity contribution in [2.24, 2.45) is 0 Å². The molecular formula is C25H28O2P+. The minimum atomic E-state index is -2.26. The average molecular weight is 391 g/mol. The molecule has 0 fully saturated rings. The molecule has 0 bridgehead atoms. The van der Waals surface area contributed by atoms with Gasteiger partial charge >= 0.3 is 5.97 Å². The molecule has 0 amide bonds. The van der Waals surface area contributed by atoms with Crippen LogP contribution in [-0.4, -0.2) is 17.2 Å². The summed E-state index contributed by atoms with van der Waals surface area (Å²) in [6.07, 6.45) is 0. The molecule has 2 nitrogen and oxygen atoms in total. The van der Waals surface area contributed by atoms with Gasteiger partial charge in [0.05, 0.1) is 0 Å². The zero-order chi connectivity index (χ0) is 20.2. The normalized spacial score (nSPS) is 13.0. The lowest BCUT2D eigenvalue weighted by molar-refractivity contribution is -0.153. The van der Waals surface area contributed by atoms with Crippen molar-refractivity contribution in [2.75, 3.05) is 0 Å². The van der Waals surface area contributed by atoms with Crippen LogP contribution in [0.2, 0.25) is 0 Å². The van der Waals surface area contributed by atoms with Gasteiger partial charge in [-0.15, -0.1) is 0 Å². The Balaban J connectivity index is 2.30. The molecule has 0 N–H and O–H groups in total. The van der Waals surface area contributed by atoms with E-state index in [-0.39, 0.29) is 11.6 Å². The molecule has 0 aliphatic carbocycles. The van der Waals surface area contributed by atoms with Crippen molar-refractivity contribution in [2.45, 2.75) is 39.0 Å².